The van der Waals surface area contributed by atoms with Gasteiger partial charge in [-0.25, -0.2) is 14.0 Å². The van der Waals surface area contributed by atoms with E-state index in [4.69, 9.17) is 9.15 Å². The zero-order valence-corrected chi connectivity index (χ0v) is 14.6. The molecule has 144 valence electrons. The summed E-state index contributed by atoms with van der Waals surface area (Å²) >= 11 is 0. The Labute approximate surface area is 158 Å². The molecule has 0 saturated heterocycles. The maximum absolute atomic E-state index is 13.4. The molecule has 0 spiro atoms. The Balaban J connectivity index is 1.71. The summed E-state index contributed by atoms with van der Waals surface area (Å²) in [4.78, 5) is 35.8. The largest absolute Gasteiger partial charge is 0.480 e. The number of carboxylic acid groups (broad SMARTS) is 1. The van der Waals surface area contributed by atoms with Crippen molar-refractivity contribution in [1.82, 2.24) is 5.32 Å². The van der Waals surface area contributed by atoms with Crippen molar-refractivity contribution in [2.75, 3.05) is 6.61 Å². The number of fused-ring (bicyclic) bond motifs is 1. The number of ether oxygens (including phenoxy) is 1. The number of benzene rings is 2. The highest BCUT2D eigenvalue weighted by atomic mass is 19.1. The van der Waals surface area contributed by atoms with E-state index in [-0.39, 0.29) is 24.2 Å². The molecule has 0 radical (unpaired) electrons. The number of carbonyl (C=O) groups excluding carboxylic acids is 1. The third-order valence-corrected chi connectivity index (χ3v) is 3.94. The third-order valence-electron chi connectivity index (χ3n) is 3.94. The first-order valence-corrected chi connectivity index (χ1v) is 8.33. The van der Waals surface area contributed by atoms with E-state index in [1.807, 2.05) is 30.3 Å². The summed E-state index contributed by atoms with van der Waals surface area (Å²) in [5, 5.41) is 11.7. The normalized spacial score (nSPS) is 11.9. The predicted molar refractivity (Wildman–Crippen MR) is 97.4 cm³/mol. The fourth-order valence-electron chi connectivity index (χ4n) is 2.53. The van der Waals surface area contributed by atoms with Gasteiger partial charge in [-0.15, -0.1) is 0 Å². The number of carbonyl (C=O) groups is 2. The fraction of sp³-hybridized carbons (Fsp3) is 0.150. The monoisotopic (exact) mass is 385 g/mol. The lowest BCUT2D eigenvalue weighted by Gasteiger charge is -2.14. The summed E-state index contributed by atoms with van der Waals surface area (Å²) in [5.74, 6) is -2.83. The van der Waals surface area contributed by atoms with Crippen LogP contribution < -0.4 is 10.9 Å². The van der Waals surface area contributed by atoms with Gasteiger partial charge in [0.1, 0.15) is 17.0 Å². The van der Waals surface area contributed by atoms with E-state index in [1.54, 1.807) is 0 Å². The van der Waals surface area contributed by atoms with Crippen molar-refractivity contribution < 1.29 is 28.2 Å². The Hall–Kier alpha value is -3.52. The van der Waals surface area contributed by atoms with Gasteiger partial charge in [-0.05, 0) is 29.8 Å². The van der Waals surface area contributed by atoms with Crippen LogP contribution in [0.5, 0.6) is 0 Å². The van der Waals surface area contributed by atoms with Gasteiger partial charge in [0.25, 0.3) is 5.91 Å². The van der Waals surface area contributed by atoms with Crippen LogP contribution in [0.1, 0.15) is 15.9 Å². The first-order chi connectivity index (χ1) is 13.4. The number of rotatable bonds is 7. The molecule has 28 heavy (non-hydrogen) atoms. The van der Waals surface area contributed by atoms with E-state index in [0.717, 1.165) is 23.8 Å². The average molecular weight is 385 g/mol. The van der Waals surface area contributed by atoms with Gasteiger partial charge >= 0.3 is 11.6 Å². The average Bonchev–Trinajstić information content (AvgIpc) is 2.67. The molecule has 0 aliphatic carbocycles. The van der Waals surface area contributed by atoms with Crippen molar-refractivity contribution in [2.45, 2.75) is 12.6 Å². The first-order valence-electron chi connectivity index (χ1n) is 8.33. The smallest absolute Gasteiger partial charge is 0.349 e. The molecule has 3 rings (SSSR count). The van der Waals surface area contributed by atoms with Crippen LogP contribution in [0.3, 0.4) is 0 Å². The van der Waals surface area contributed by atoms with Crippen molar-refractivity contribution >= 4 is 22.8 Å². The molecule has 0 unspecified atom stereocenters. The van der Waals surface area contributed by atoms with Gasteiger partial charge in [0, 0.05) is 5.39 Å². The van der Waals surface area contributed by atoms with Crippen molar-refractivity contribution in [3.05, 3.63) is 82.0 Å². The second kappa shape index (κ2) is 8.45. The van der Waals surface area contributed by atoms with Crippen molar-refractivity contribution in [1.29, 1.82) is 0 Å². The van der Waals surface area contributed by atoms with Gasteiger partial charge in [-0.3, -0.25) is 4.79 Å². The van der Waals surface area contributed by atoms with Gasteiger partial charge in [-0.2, -0.15) is 0 Å². The number of hydrogen-bond donors (Lipinski definition) is 2. The molecule has 8 heteroatoms. The molecule has 0 fully saturated rings. The van der Waals surface area contributed by atoms with Gasteiger partial charge < -0.3 is 19.6 Å². The van der Waals surface area contributed by atoms with Gasteiger partial charge in [-0.1, -0.05) is 30.3 Å². The second-order valence-electron chi connectivity index (χ2n) is 5.99. The maximum Gasteiger partial charge on any atom is 0.349 e. The minimum atomic E-state index is -1.38. The zero-order chi connectivity index (χ0) is 20.1. The van der Waals surface area contributed by atoms with E-state index in [0.29, 0.717) is 0 Å². The zero-order valence-electron chi connectivity index (χ0n) is 14.6. The molecule has 1 aromatic heterocycles. The van der Waals surface area contributed by atoms with Crippen LogP contribution in [-0.2, 0) is 16.1 Å². The van der Waals surface area contributed by atoms with Crippen LogP contribution in [0.25, 0.3) is 11.0 Å². The van der Waals surface area contributed by atoms with Gasteiger partial charge in [0.15, 0.2) is 6.04 Å². The standard InChI is InChI=1S/C20H16FNO6/c21-14-6-7-17-13(8-14)9-15(20(26)28-17)18(23)22-16(19(24)25)11-27-10-12-4-2-1-3-5-12/h1-9,16H,10-11H2,(H,22,23)(H,24,25)/t16-/m0/s1. The van der Waals surface area contributed by atoms with Crippen LogP contribution in [0.2, 0.25) is 0 Å². The molecule has 0 aliphatic rings. The molecule has 1 atom stereocenters. The Morgan fingerprint density at radius 3 is 2.61 bits per heavy atom. The summed E-state index contributed by atoms with van der Waals surface area (Å²) in [6.45, 7) is -0.138. The molecule has 1 heterocycles. The number of amides is 1. The van der Waals surface area contributed by atoms with Crippen molar-refractivity contribution in [3.8, 4) is 0 Å². The van der Waals surface area contributed by atoms with Crippen LogP contribution in [0.15, 0.2) is 63.8 Å². The molecule has 0 bridgehead atoms. The predicted octanol–water partition coefficient (Wildman–Crippen LogP) is 2.33. The molecular weight excluding hydrogens is 369 g/mol. The summed E-state index contributed by atoms with van der Waals surface area (Å²) in [7, 11) is 0. The highest BCUT2D eigenvalue weighted by Gasteiger charge is 2.23. The number of carboxylic acids is 1. The molecule has 0 saturated carbocycles. The molecule has 0 aliphatic heterocycles. The van der Waals surface area contributed by atoms with E-state index in [1.165, 1.54) is 6.07 Å². The van der Waals surface area contributed by atoms with Crippen molar-refractivity contribution in [2.24, 2.45) is 0 Å². The number of nitrogens with one attached hydrogen (secondary N) is 1. The van der Waals surface area contributed by atoms with E-state index in [2.05, 4.69) is 5.32 Å². The number of halogens is 1. The summed E-state index contributed by atoms with van der Waals surface area (Å²) in [6.07, 6.45) is 0. The Kier molecular flexibility index (Phi) is 5.81. The van der Waals surface area contributed by atoms with Crippen LogP contribution in [0.4, 0.5) is 4.39 Å². The fourth-order valence-corrected chi connectivity index (χ4v) is 2.53. The highest BCUT2D eigenvalue weighted by Crippen LogP contribution is 2.15. The lowest BCUT2D eigenvalue weighted by atomic mass is 10.1. The second-order valence-corrected chi connectivity index (χ2v) is 5.99. The summed E-state index contributed by atoms with van der Waals surface area (Å²) < 4.78 is 23.7. The van der Waals surface area contributed by atoms with Crippen LogP contribution >= 0.6 is 0 Å². The highest BCUT2D eigenvalue weighted by molar-refractivity contribution is 5.98. The first kappa shape index (κ1) is 19.2. The number of aliphatic carboxylic acids is 1. The molecule has 2 N–H and O–H groups in total. The minimum Gasteiger partial charge on any atom is -0.480 e. The molecular formula is C20H16FNO6. The van der Waals surface area contributed by atoms with Crippen molar-refractivity contribution in [3.63, 3.8) is 0 Å². The maximum atomic E-state index is 13.4. The van der Waals surface area contributed by atoms with Gasteiger partial charge in [0.05, 0.1) is 13.2 Å². The molecule has 3 aromatic rings. The Morgan fingerprint density at radius 1 is 1.14 bits per heavy atom. The number of hydrogen-bond acceptors (Lipinski definition) is 5. The van der Waals surface area contributed by atoms with Crippen LogP contribution in [0, 0.1) is 5.82 Å². The van der Waals surface area contributed by atoms with E-state index in [9.17, 15) is 23.9 Å². The Bertz CT molecular complexity index is 1060. The van der Waals surface area contributed by atoms with Crippen LogP contribution in [-0.4, -0.2) is 29.6 Å². The summed E-state index contributed by atoms with van der Waals surface area (Å²) in [6, 6.07) is 12.4. The third kappa shape index (κ3) is 4.60. The van der Waals surface area contributed by atoms with E-state index >= 15 is 0 Å². The molecule has 2 aromatic carbocycles. The quantitative estimate of drug-likeness (QED) is 0.605. The van der Waals surface area contributed by atoms with Gasteiger partial charge in [0.2, 0.25) is 0 Å². The SMILES string of the molecule is O=C(N[C@@H](COCc1ccccc1)C(=O)O)c1cc2cc(F)ccc2oc1=O. The lowest BCUT2D eigenvalue weighted by molar-refractivity contribution is -0.141. The minimum absolute atomic E-state index is 0.115. The Morgan fingerprint density at radius 2 is 1.89 bits per heavy atom. The van der Waals surface area contributed by atoms with E-state index < -0.39 is 34.9 Å². The molecule has 1 amide bonds. The lowest BCUT2D eigenvalue weighted by Crippen LogP contribution is -2.45. The summed E-state index contributed by atoms with van der Waals surface area (Å²) in [5.41, 5.74) is -0.419. The topological polar surface area (TPSA) is 106 Å². The molecule has 7 nitrogen and oxygen atoms in total.